The Kier molecular flexibility index (Phi) is 51.4. The third kappa shape index (κ3) is 37.7. The van der Waals surface area contributed by atoms with Crippen LogP contribution in [0.2, 0.25) is 0 Å². The fourth-order valence-electron chi connectivity index (χ4n) is 9.39. The third-order valence-corrected chi connectivity index (χ3v) is 18.7. The number of nitrogens with zero attached hydrogens (tertiary/aromatic N) is 9. The number of hydrogen-bond acceptors (Lipinski definition) is 26. The molecule has 3 heterocycles. The molecule has 0 saturated carbocycles. The van der Waals surface area contributed by atoms with E-state index in [1.807, 2.05) is 48.5 Å². The van der Waals surface area contributed by atoms with Crippen LogP contribution in [-0.2, 0) is 49.2 Å². The Morgan fingerprint density at radius 3 is 0.955 bits per heavy atom. The van der Waals surface area contributed by atoms with Gasteiger partial charge in [0.05, 0.1) is 109 Å². The molecule has 0 spiro atoms. The van der Waals surface area contributed by atoms with Crippen LogP contribution < -0.4 is 82.9 Å². The number of carboxylic acid groups (broad SMARTS) is 2. The van der Waals surface area contributed by atoms with Crippen LogP contribution in [0, 0.1) is 17.5 Å². The zero-order valence-corrected chi connectivity index (χ0v) is 72.1. The molecule has 30 nitrogen and oxygen atoms in total. The van der Waals surface area contributed by atoms with E-state index in [0.29, 0.717) is 74.0 Å². The van der Waals surface area contributed by atoms with Crippen LogP contribution in [0.3, 0.4) is 0 Å². The zero-order valence-electron chi connectivity index (χ0n) is 65.6. The van der Waals surface area contributed by atoms with Crippen molar-refractivity contribution in [3.63, 3.8) is 0 Å². The SMILES string of the molecule is C.CC(C)c1nc(N(C)S(C)(=O)=O)nc(-c2ccc(F)cc2)c1/C=C/[C@@H](O)C[C@@H](O)CC(=O)O.CC(C)c1nc(N(C)S(C)(=O)=O)nc(-c2ccc(F)cc2)c1/C=C/[C@@H](O)C[C@@H](O)CC(=O)[O-].CCCN.CCCOC(=O)C[C@H](O)C[C@H](O)/C=C/c1c(-c2ccc(F)cc2)nc(N(C)S(C)(=O)=O)nc1C(C)C.CO.[Na+].[Na+].[OH-]. The van der Waals surface area contributed by atoms with Crippen molar-refractivity contribution < 1.29 is 168 Å². The van der Waals surface area contributed by atoms with Crippen molar-refractivity contribution in [1.82, 2.24) is 29.9 Å². The molecule has 614 valence electrons. The van der Waals surface area contributed by atoms with Gasteiger partial charge in [0.25, 0.3) is 0 Å². The summed E-state index contributed by atoms with van der Waals surface area (Å²) in [5.41, 5.74) is 10.5. The number of rotatable bonds is 33. The molecular formula is C74H107F3N10Na2O20S3. The van der Waals surface area contributed by atoms with E-state index in [2.05, 4.69) is 36.8 Å². The van der Waals surface area contributed by atoms with Gasteiger partial charge in [-0.1, -0.05) is 99.3 Å². The first kappa shape index (κ1) is 109. The molecule has 0 saturated heterocycles. The van der Waals surface area contributed by atoms with Gasteiger partial charge in [0.1, 0.15) is 17.5 Å². The molecule has 6 atom stereocenters. The molecule has 0 unspecified atom stereocenters. The van der Waals surface area contributed by atoms with Crippen molar-refractivity contribution in [3.05, 3.63) is 142 Å². The topological polar surface area (TPSA) is 491 Å². The normalized spacial score (nSPS) is 12.9. The Morgan fingerprint density at radius 1 is 0.491 bits per heavy atom. The number of benzene rings is 3. The van der Waals surface area contributed by atoms with Crippen LogP contribution in [0.1, 0.15) is 166 Å². The fourth-order valence-corrected chi connectivity index (χ4v) is 10.5. The summed E-state index contributed by atoms with van der Waals surface area (Å²) in [5.74, 6) is -5.19. The summed E-state index contributed by atoms with van der Waals surface area (Å²) < 4.78 is 121. The third-order valence-electron chi connectivity index (χ3n) is 15.2. The quantitative estimate of drug-likeness (QED) is 0.0206. The number of halogens is 3. The van der Waals surface area contributed by atoms with Crippen molar-refractivity contribution in [2.45, 2.75) is 169 Å². The molecule has 38 heteroatoms. The number of esters is 1. The van der Waals surface area contributed by atoms with E-state index in [-0.39, 0.29) is 140 Å². The molecule has 6 rings (SSSR count). The Bertz CT molecular complexity index is 4150. The second-order valence-electron chi connectivity index (χ2n) is 25.5. The number of carboxylic acids is 2. The van der Waals surface area contributed by atoms with Gasteiger partial charge in [-0.05, 0) is 110 Å². The van der Waals surface area contributed by atoms with Crippen molar-refractivity contribution in [3.8, 4) is 33.8 Å². The zero-order chi connectivity index (χ0) is 82.3. The number of carbonyl (C=O) groups excluding carboxylic acids is 2. The molecule has 3 aromatic carbocycles. The number of carbonyl (C=O) groups is 3. The number of aromatic nitrogens is 6. The molecule has 112 heavy (non-hydrogen) atoms. The Labute approximate surface area is 700 Å². The predicted molar refractivity (Wildman–Crippen MR) is 415 cm³/mol. The largest absolute Gasteiger partial charge is 1.00 e. The van der Waals surface area contributed by atoms with Gasteiger partial charge in [-0.3, -0.25) is 9.59 Å². The van der Waals surface area contributed by atoms with Crippen molar-refractivity contribution >= 4 is 84.1 Å². The summed E-state index contributed by atoms with van der Waals surface area (Å²) >= 11 is 0. The van der Waals surface area contributed by atoms with E-state index in [0.717, 1.165) is 51.8 Å². The molecule has 0 fully saturated rings. The van der Waals surface area contributed by atoms with Crippen LogP contribution in [0.15, 0.2) is 91.0 Å². The van der Waals surface area contributed by atoms with Crippen LogP contribution in [0.4, 0.5) is 31.0 Å². The number of ether oxygens (including phenoxy) is 1. The molecule has 0 amide bonds. The number of aliphatic hydroxyl groups is 7. The van der Waals surface area contributed by atoms with Crippen LogP contribution in [-0.4, -0.2) is 216 Å². The van der Waals surface area contributed by atoms with Crippen LogP contribution in [0.25, 0.3) is 52.0 Å². The number of sulfonamides is 3. The average Bonchev–Trinajstić information content (AvgIpc) is 0.793. The van der Waals surface area contributed by atoms with Gasteiger partial charge in [0.15, 0.2) is 0 Å². The monoisotopic (exact) mass is 1650 g/mol. The first-order chi connectivity index (χ1) is 50.3. The van der Waals surface area contributed by atoms with E-state index < -0.39 is 115 Å². The minimum absolute atomic E-state index is 0. The second-order valence-corrected chi connectivity index (χ2v) is 31.6. The van der Waals surface area contributed by atoms with E-state index in [9.17, 15) is 88.6 Å². The van der Waals surface area contributed by atoms with Crippen LogP contribution in [0.5, 0.6) is 0 Å². The summed E-state index contributed by atoms with van der Waals surface area (Å²) in [6.45, 7) is 16.1. The molecule has 11 N–H and O–H groups in total. The van der Waals surface area contributed by atoms with Gasteiger partial charge in [0.2, 0.25) is 47.9 Å². The summed E-state index contributed by atoms with van der Waals surface area (Å²) in [5, 5.41) is 87.0. The summed E-state index contributed by atoms with van der Waals surface area (Å²) in [4.78, 5) is 59.6. The molecule has 0 aliphatic carbocycles. The van der Waals surface area contributed by atoms with Crippen molar-refractivity contribution in [2.24, 2.45) is 5.73 Å². The Balaban J connectivity index is -0.00000151. The van der Waals surface area contributed by atoms with E-state index in [4.69, 9.17) is 20.7 Å². The second kappa shape index (κ2) is 52.6. The Hall–Kier alpha value is -6.79. The number of aliphatic carboxylic acids is 2. The number of anilines is 3. The van der Waals surface area contributed by atoms with Crippen LogP contribution >= 0.6 is 0 Å². The maximum Gasteiger partial charge on any atom is 1.00 e. The van der Waals surface area contributed by atoms with E-state index in [1.54, 1.807) is 6.08 Å². The smallest absolute Gasteiger partial charge is 0.870 e. The first-order valence-corrected chi connectivity index (χ1v) is 39.6. The van der Waals surface area contributed by atoms with Gasteiger partial charge in [-0.15, -0.1) is 0 Å². The van der Waals surface area contributed by atoms with Crippen molar-refractivity contribution in [1.29, 1.82) is 0 Å². The van der Waals surface area contributed by atoms with Gasteiger partial charge >= 0.3 is 71.1 Å². The predicted octanol–water partition coefficient (Wildman–Crippen LogP) is 1.17. The minimum atomic E-state index is -3.66. The minimum Gasteiger partial charge on any atom is -0.870 e. The van der Waals surface area contributed by atoms with Gasteiger partial charge < -0.3 is 66.7 Å². The fraction of sp³-hybridized carbons (Fsp3) is 0.473. The van der Waals surface area contributed by atoms with Gasteiger partial charge in [-0.2, -0.15) is 0 Å². The molecule has 0 bridgehead atoms. The molecule has 0 aliphatic rings. The summed E-state index contributed by atoms with van der Waals surface area (Å²) in [7, 11) is -5.97. The maximum atomic E-state index is 13.6. The van der Waals surface area contributed by atoms with Gasteiger partial charge in [-0.25, -0.2) is 81.2 Å². The summed E-state index contributed by atoms with van der Waals surface area (Å²) in [6.07, 6.45) is 4.74. The van der Waals surface area contributed by atoms with E-state index in [1.165, 1.54) is 124 Å². The molecule has 3 aromatic heterocycles. The molecule has 0 radical (unpaired) electrons. The van der Waals surface area contributed by atoms with E-state index >= 15 is 0 Å². The number of aliphatic hydroxyl groups excluding tert-OH is 7. The molecular weight excluding hydrogens is 1550 g/mol. The first-order valence-electron chi connectivity index (χ1n) is 34.0. The molecule has 6 aromatic rings. The standard InChI is InChI=1S/C25H34FN3O6S.2C22H28FN3O6S.C3H9N.CH4O.CH4.2Na.H2O/c1-6-13-35-22(32)15-20(31)14-19(30)11-12-21-23(16(2)3)27-25(29(4)36(5,33)34)28-24(21)17-7-9-18(26)10-8-17;2*1-13(2)20-18(10-9-16(27)11-17(28)12-19(29)30)21(14-5-7-15(23)8-6-14)25-22(24-20)26(3)33(4,31)32;1-2-3-4;1-2;;;;/h7-12,16,19-20,30-31H,6,13-15H2,1-5H3;2*5-10,13,16-17,27-28H,11-12H2,1-4H3,(H,29,30);2-4H2,1H3;2H,1H3;1H4;;;1H2/q;;;;;;2*+1;/p-2/b12-11+;2*10-9+;;;;;;/t19-,20-;2*16-,17-;;;;;;/m111....../s1. The molecule has 0 aliphatic heterocycles. The summed E-state index contributed by atoms with van der Waals surface area (Å²) in [6, 6.07) is 16.5. The Morgan fingerprint density at radius 2 is 0.741 bits per heavy atom. The average molecular weight is 1660 g/mol. The van der Waals surface area contributed by atoms with Crippen molar-refractivity contribution in [2.75, 3.05) is 73.1 Å². The number of nitrogens with two attached hydrogens (primary N) is 1. The number of hydrogen-bond donors (Lipinski definition) is 9. The maximum absolute atomic E-state index is 13.6. The van der Waals surface area contributed by atoms with Gasteiger partial charge in [0, 0.05) is 93.3 Å².